The molecular weight excluding hydrogens is 330 g/mol. The van der Waals surface area contributed by atoms with Gasteiger partial charge in [0.25, 0.3) is 0 Å². The zero-order valence-electron chi connectivity index (χ0n) is 14.6. The second-order valence-electron chi connectivity index (χ2n) is 6.46. The predicted molar refractivity (Wildman–Crippen MR) is 97.4 cm³/mol. The summed E-state index contributed by atoms with van der Waals surface area (Å²) in [5.74, 6) is 0.0823. The number of pyridine rings is 2. The van der Waals surface area contributed by atoms with Gasteiger partial charge in [-0.25, -0.2) is 9.78 Å². The number of anilines is 1. The third-order valence-electron chi connectivity index (χ3n) is 4.52. The fourth-order valence-electron chi connectivity index (χ4n) is 2.92. The molecule has 4 rings (SSSR count). The fourth-order valence-corrected chi connectivity index (χ4v) is 2.92. The third-order valence-corrected chi connectivity index (χ3v) is 4.52. The highest BCUT2D eigenvalue weighted by molar-refractivity contribution is 5.99. The number of ether oxygens (including phenoxy) is 1. The van der Waals surface area contributed by atoms with Gasteiger partial charge in [0.05, 0.1) is 35.9 Å². The van der Waals surface area contributed by atoms with Gasteiger partial charge in [0, 0.05) is 42.2 Å². The normalized spacial score (nSPS) is 13.6. The van der Waals surface area contributed by atoms with Gasteiger partial charge in [0.1, 0.15) is 0 Å². The van der Waals surface area contributed by atoms with E-state index in [-0.39, 0.29) is 11.3 Å². The Bertz CT molecular complexity index is 974. The summed E-state index contributed by atoms with van der Waals surface area (Å²) in [5.41, 5.74) is 10.5. The number of nitrogens with two attached hydrogens (primary N) is 1. The molecule has 0 spiro atoms. The van der Waals surface area contributed by atoms with E-state index in [2.05, 4.69) is 15.1 Å². The molecule has 0 unspecified atom stereocenters. The Hall–Kier alpha value is -3.22. The van der Waals surface area contributed by atoms with Gasteiger partial charge < -0.3 is 10.5 Å². The summed E-state index contributed by atoms with van der Waals surface area (Å²) in [4.78, 5) is 21.4. The van der Waals surface area contributed by atoms with Crippen LogP contribution in [0.1, 0.15) is 34.8 Å². The second-order valence-corrected chi connectivity index (χ2v) is 6.46. The number of aryl methyl sites for hydroxylation is 1. The molecule has 7 nitrogen and oxygen atoms in total. The summed E-state index contributed by atoms with van der Waals surface area (Å²) in [6.07, 6.45) is 7.66. The molecule has 1 aliphatic carbocycles. The SMILES string of the molecule is COC(=O)c1cc(-c2ccc(C3CC3)nc2)nc(-c2cnn(C)c2)c1N. The molecule has 0 radical (unpaired) electrons. The van der Waals surface area contributed by atoms with Crippen LogP contribution in [0.3, 0.4) is 0 Å². The van der Waals surface area contributed by atoms with E-state index in [1.165, 1.54) is 20.0 Å². The summed E-state index contributed by atoms with van der Waals surface area (Å²) in [6, 6.07) is 5.65. The molecule has 7 heteroatoms. The molecule has 26 heavy (non-hydrogen) atoms. The molecule has 0 amide bonds. The highest BCUT2D eigenvalue weighted by Gasteiger charge is 2.25. The number of aromatic nitrogens is 4. The van der Waals surface area contributed by atoms with E-state index >= 15 is 0 Å². The van der Waals surface area contributed by atoms with Crippen molar-refractivity contribution in [2.75, 3.05) is 12.8 Å². The molecular formula is C19H19N5O2. The molecule has 3 heterocycles. The summed E-state index contributed by atoms with van der Waals surface area (Å²) in [7, 11) is 3.14. The number of rotatable bonds is 4. The van der Waals surface area contributed by atoms with Gasteiger partial charge in [0.2, 0.25) is 0 Å². The van der Waals surface area contributed by atoms with E-state index in [0.717, 1.165) is 16.8 Å². The zero-order valence-corrected chi connectivity index (χ0v) is 14.6. The first-order valence-corrected chi connectivity index (χ1v) is 8.41. The topological polar surface area (TPSA) is 95.9 Å². The smallest absolute Gasteiger partial charge is 0.340 e. The van der Waals surface area contributed by atoms with Crippen molar-refractivity contribution in [3.63, 3.8) is 0 Å². The number of hydrogen-bond acceptors (Lipinski definition) is 6. The Balaban J connectivity index is 1.84. The molecule has 0 aromatic carbocycles. The van der Waals surface area contributed by atoms with Crippen LogP contribution in [0.25, 0.3) is 22.5 Å². The maximum atomic E-state index is 12.2. The average Bonchev–Trinajstić information content (AvgIpc) is 3.42. The fraction of sp³-hybridized carbons (Fsp3) is 0.263. The van der Waals surface area contributed by atoms with E-state index in [4.69, 9.17) is 10.5 Å². The van der Waals surface area contributed by atoms with Gasteiger partial charge in [-0.15, -0.1) is 0 Å². The molecule has 1 aliphatic rings. The highest BCUT2D eigenvalue weighted by atomic mass is 16.5. The molecule has 2 N–H and O–H groups in total. The largest absolute Gasteiger partial charge is 0.465 e. The molecule has 0 atom stereocenters. The zero-order chi connectivity index (χ0) is 18.3. The van der Waals surface area contributed by atoms with E-state index in [0.29, 0.717) is 17.3 Å². The first kappa shape index (κ1) is 16.3. The predicted octanol–water partition coefficient (Wildman–Crippen LogP) is 2.79. The van der Waals surface area contributed by atoms with Crippen molar-refractivity contribution >= 4 is 11.7 Å². The molecule has 0 aliphatic heterocycles. The summed E-state index contributed by atoms with van der Waals surface area (Å²) >= 11 is 0. The van der Waals surface area contributed by atoms with Crippen LogP contribution in [0.2, 0.25) is 0 Å². The maximum absolute atomic E-state index is 12.2. The van der Waals surface area contributed by atoms with Gasteiger partial charge in [-0.3, -0.25) is 9.67 Å². The van der Waals surface area contributed by atoms with E-state index in [9.17, 15) is 4.79 Å². The Kier molecular flexibility index (Phi) is 3.91. The minimum atomic E-state index is -0.501. The van der Waals surface area contributed by atoms with Crippen molar-refractivity contribution in [1.29, 1.82) is 0 Å². The van der Waals surface area contributed by atoms with Crippen LogP contribution in [-0.4, -0.2) is 32.8 Å². The van der Waals surface area contributed by atoms with E-state index in [1.54, 1.807) is 29.3 Å². The standard InChI is InChI=1S/C19H19N5O2/c1-24-10-13(9-22-24)18-17(20)14(19(25)26-2)7-16(23-18)12-5-6-15(21-8-12)11-3-4-11/h5-11H,3-4,20H2,1-2H3. The van der Waals surface area contributed by atoms with Crippen molar-refractivity contribution in [3.05, 3.63) is 48.0 Å². The van der Waals surface area contributed by atoms with Crippen molar-refractivity contribution in [2.45, 2.75) is 18.8 Å². The molecule has 0 bridgehead atoms. The van der Waals surface area contributed by atoms with Gasteiger partial charge in [-0.2, -0.15) is 5.10 Å². The van der Waals surface area contributed by atoms with Crippen molar-refractivity contribution in [2.24, 2.45) is 7.05 Å². The Morgan fingerprint density at radius 2 is 2.08 bits per heavy atom. The number of carbonyl (C=O) groups is 1. The average molecular weight is 349 g/mol. The van der Waals surface area contributed by atoms with Crippen LogP contribution in [-0.2, 0) is 11.8 Å². The maximum Gasteiger partial charge on any atom is 0.340 e. The molecule has 3 aromatic rings. The van der Waals surface area contributed by atoms with Crippen molar-refractivity contribution in [1.82, 2.24) is 19.7 Å². The minimum absolute atomic E-state index is 0.274. The lowest BCUT2D eigenvalue weighted by Gasteiger charge is -2.11. The third kappa shape index (κ3) is 2.92. The number of methoxy groups -OCH3 is 1. The van der Waals surface area contributed by atoms with E-state index < -0.39 is 5.97 Å². The van der Waals surface area contributed by atoms with Crippen molar-refractivity contribution < 1.29 is 9.53 Å². The lowest BCUT2D eigenvalue weighted by atomic mass is 10.0. The minimum Gasteiger partial charge on any atom is -0.465 e. The second kappa shape index (κ2) is 6.25. The molecule has 1 fully saturated rings. The highest BCUT2D eigenvalue weighted by Crippen LogP contribution is 2.39. The quantitative estimate of drug-likeness (QED) is 0.728. The van der Waals surface area contributed by atoms with Gasteiger partial charge in [-0.1, -0.05) is 0 Å². The number of hydrogen-bond donors (Lipinski definition) is 1. The van der Waals surface area contributed by atoms with Crippen LogP contribution in [0, 0.1) is 0 Å². The van der Waals surface area contributed by atoms with E-state index in [1.807, 2.05) is 19.2 Å². The number of carbonyl (C=O) groups excluding carboxylic acids is 1. The monoisotopic (exact) mass is 349 g/mol. The molecule has 3 aromatic heterocycles. The Labute approximate surface area is 150 Å². The Morgan fingerprint density at radius 1 is 1.27 bits per heavy atom. The number of esters is 1. The summed E-state index contributed by atoms with van der Waals surface area (Å²) < 4.78 is 6.54. The van der Waals surface area contributed by atoms with Crippen LogP contribution in [0.4, 0.5) is 5.69 Å². The number of nitrogen functional groups attached to an aromatic ring is 1. The molecule has 132 valence electrons. The van der Waals surface area contributed by atoms with Gasteiger partial charge in [0.15, 0.2) is 0 Å². The first-order chi connectivity index (χ1) is 12.6. The summed E-state index contributed by atoms with van der Waals surface area (Å²) in [5, 5.41) is 4.16. The van der Waals surface area contributed by atoms with Gasteiger partial charge in [-0.05, 0) is 31.0 Å². The molecule has 1 saturated carbocycles. The number of nitrogens with zero attached hydrogens (tertiary/aromatic N) is 4. The Morgan fingerprint density at radius 3 is 2.65 bits per heavy atom. The lowest BCUT2D eigenvalue weighted by Crippen LogP contribution is -2.09. The van der Waals surface area contributed by atoms with Crippen LogP contribution in [0.15, 0.2) is 36.8 Å². The van der Waals surface area contributed by atoms with Crippen molar-refractivity contribution in [3.8, 4) is 22.5 Å². The first-order valence-electron chi connectivity index (χ1n) is 8.41. The summed E-state index contributed by atoms with van der Waals surface area (Å²) in [6.45, 7) is 0. The lowest BCUT2D eigenvalue weighted by molar-refractivity contribution is 0.0602. The van der Waals surface area contributed by atoms with Crippen LogP contribution < -0.4 is 5.73 Å². The van der Waals surface area contributed by atoms with Gasteiger partial charge >= 0.3 is 5.97 Å². The molecule has 0 saturated heterocycles. The van der Waals surface area contributed by atoms with Crippen LogP contribution >= 0.6 is 0 Å². The van der Waals surface area contributed by atoms with Crippen LogP contribution in [0.5, 0.6) is 0 Å².